The van der Waals surface area contributed by atoms with Gasteiger partial charge in [-0.3, -0.25) is 9.80 Å². The van der Waals surface area contributed by atoms with Gasteiger partial charge in [-0.05, 0) is 27.8 Å². The lowest BCUT2D eigenvalue weighted by Crippen LogP contribution is -2.64. The number of ether oxygens (including phenoxy) is 1. The summed E-state index contributed by atoms with van der Waals surface area (Å²) < 4.78 is 5.07. The first-order chi connectivity index (χ1) is 6.45. The fraction of sp³-hybridized carbons (Fsp3) is 1.00. The molecule has 1 saturated heterocycles. The quantitative estimate of drug-likeness (QED) is 0.674. The Morgan fingerprint density at radius 1 is 1.36 bits per heavy atom. The Balaban J connectivity index is 2.20. The van der Waals surface area contributed by atoms with E-state index in [9.17, 15) is 0 Å². The zero-order chi connectivity index (χ0) is 10.8. The van der Waals surface area contributed by atoms with Crippen molar-refractivity contribution in [3.05, 3.63) is 0 Å². The fourth-order valence-corrected chi connectivity index (χ4v) is 1.70. The highest BCUT2D eigenvalue weighted by atomic mass is 16.5. The Bertz CT molecular complexity index is 171. The van der Waals surface area contributed by atoms with Crippen LogP contribution in [-0.4, -0.2) is 61.8 Å². The van der Waals surface area contributed by atoms with E-state index in [1.54, 1.807) is 7.11 Å². The molecule has 1 aliphatic rings. The van der Waals surface area contributed by atoms with Gasteiger partial charge in [0.15, 0.2) is 0 Å². The lowest BCUT2D eigenvalue weighted by Gasteiger charge is -2.50. The van der Waals surface area contributed by atoms with E-state index < -0.39 is 0 Å². The molecule has 0 saturated carbocycles. The van der Waals surface area contributed by atoms with Gasteiger partial charge in [0, 0.05) is 38.3 Å². The normalized spacial score (nSPS) is 20.1. The first kappa shape index (κ1) is 12.0. The number of hydrogen-bond donors (Lipinski definition) is 0. The van der Waals surface area contributed by atoms with Crippen LogP contribution in [-0.2, 0) is 4.74 Å². The predicted molar refractivity (Wildman–Crippen MR) is 59.6 cm³/mol. The maximum atomic E-state index is 5.07. The van der Waals surface area contributed by atoms with Crippen LogP contribution in [0.15, 0.2) is 0 Å². The SMILES string of the molecule is COCCN(C)C1CN(C(C)(C)C)C1. The smallest absolute Gasteiger partial charge is 0.0589 e. The van der Waals surface area contributed by atoms with Crippen molar-refractivity contribution in [3.63, 3.8) is 0 Å². The van der Waals surface area contributed by atoms with Crippen LogP contribution in [0.25, 0.3) is 0 Å². The highest BCUT2D eigenvalue weighted by Crippen LogP contribution is 2.23. The van der Waals surface area contributed by atoms with Gasteiger partial charge in [-0.2, -0.15) is 0 Å². The molecule has 14 heavy (non-hydrogen) atoms. The molecule has 84 valence electrons. The molecule has 1 aliphatic heterocycles. The summed E-state index contributed by atoms with van der Waals surface area (Å²) in [5, 5.41) is 0. The van der Waals surface area contributed by atoms with Crippen LogP contribution in [0, 0.1) is 0 Å². The van der Waals surface area contributed by atoms with E-state index in [0.717, 1.165) is 19.2 Å². The van der Waals surface area contributed by atoms with Gasteiger partial charge in [0.05, 0.1) is 6.61 Å². The van der Waals surface area contributed by atoms with E-state index in [0.29, 0.717) is 5.54 Å². The largest absolute Gasteiger partial charge is 0.383 e. The molecule has 0 unspecified atom stereocenters. The molecule has 3 heteroatoms. The minimum Gasteiger partial charge on any atom is -0.383 e. The standard InChI is InChI=1S/C11H24N2O/c1-11(2,3)13-8-10(9-13)12(4)6-7-14-5/h10H,6-9H2,1-5H3. The molecule has 0 radical (unpaired) electrons. The second kappa shape index (κ2) is 4.60. The van der Waals surface area contributed by atoms with Crippen LogP contribution in [0.5, 0.6) is 0 Å². The van der Waals surface area contributed by atoms with Gasteiger partial charge in [-0.15, -0.1) is 0 Å². The van der Waals surface area contributed by atoms with Crippen molar-refractivity contribution in [2.45, 2.75) is 32.4 Å². The molecule has 0 aromatic heterocycles. The van der Waals surface area contributed by atoms with E-state index >= 15 is 0 Å². The van der Waals surface area contributed by atoms with Gasteiger partial charge in [0.1, 0.15) is 0 Å². The Labute approximate surface area is 88.0 Å². The zero-order valence-electron chi connectivity index (χ0n) is 10.2. The number of rotatable bonds is 4. The van der Waals surface area contributed by atoms with Gasteiger partial charge in [0.2, 0.25) is 0 Å². The molecular formula is C11H24N2O. The van der Waals surface area contributed by atoms with Crippen LogP contribution in [0.2, 0.25) is 0 Å². The molecule has 0 amide bonds. The van der Waals surface area contributed by atoms with E-state index in [1.807, 2.05) is 0 Å². The third kappa shape index (κ3) is 2.94. The summed E-state index contributed by atoms with van der Waals surface area (Å²) in [6.45, 7) is 11.1. The molecule has 0 aromatic carbocycles. The summed E-state index contributed by atoms with van der Waals surface area (Å²) in [5.74, 6) is 0. The maximum Gasteiger partial charge on any atom is 0.0589 e. The first-order valence-electron chi connectivity index (χ1n) is 5.39. The van der Waals surface area contributed by atoms with Crippen molar-refractivity contribution in [2.24, 2.45) is 0 Å². The second-order valence-electron chi connectivity index (χ2n) is 5.20. The third-order valence-electron chi connectivity index (χ3n) is 3.08. The predicted octanol–water partition coefficient (Wildman–Crippen LogP) is 1.05. The molecule has 0 bridgehead atoms. The number of likely N-dealkylation sites (tertiary alicyclic amines) is 1. The Hall–Kier alpha value is -0.120. The molecule has 0 aliphatic carbocycles. The summed E-state index contributed by atoms with van der Waals surface area (Å²) in [4.78, 5) is 4.91. The van der Waals surface area contributed by atoms with Crippen molar-refractivity contribution in [3.8, 4) is 0 Å². The van der Waals surface area contributed by atoms with Gasteiger partial charge in [-0.1, -0.05) is 0 Å². The maximum absolute atomic E-state index is 5.07. The van der Waals surface area contributed by atoms with Crippen LogP contribution < -0.4 is 0 Å². The molecule has 1 heterocycles. The molecule has 0 N–H and O–H groups in total. The average Bonchev–Trinajstić information content (AvgIpc) is 1.94. The number of nitrogens with zero attached hydrogens (tertiary/aromatic N) is 2. The van der Waals surface area contributed by atoms with Gasteiger partial charge < -0.3 is 4.74 Å². The lowest BCUT2D eigenvalue weighted by atomic mass is 9.97. The Morgan fingerprint density at radius 2 is 1.93 bits per heavy atom. The topological polar surface area (TPSA) is 15.7 Å². The lowest BCUT2D eigenvalue weighted by molar-refractivity contribution is -0.0186. The van der Waals surface area contributed by atoms with Crippen molar-refractivity contribution < 1.29 is 4.74 Å². The number of methoxy groups -OCH3 is 1. The Morgan fingerprint density at radius 3 is 2.36 bits per heavy atom. The van der Waals surface area contributed by atoms with E-state index in [-0.39, 0.29) is 0 Å². The molecule has 1 rings (SSSR count). The monoisotopic (exact) mass is 200 g/mol. The molecule has 0 aromatic rings. The molecule has 0 spiro atoms. The summed E-state index contributed by atoms with van der Waals surface area (Å²) in [6, 6.07) is 0.726. The van der Waals surface area contributed by atoms with Crippen LogP contribution in [0.4, 0.5) is 0 Å². The minimum absolute atomic E-state index is 0.332. The van der Waals surface area contributed by atoms with Crippen molar-refractivity contribution in [2.75, 3.05) is 40.4 Å². The van der Waals surface area contributed by atoms with E-state index in [2.05, 4.69) is 37.6 Å². The highest BCUT2D eigenvalue weighted by molar-refractivity contribution is 4.93. The zero-order valence-corrected chi connectivity index (χ0v) is 10.2. The summed E-state index contributed by atoms with van der Waals surface area (Å²) >= 11 is 0. The van der Waals surface area contributed by atoms with Gasteiger partial charge in [-0.25, -0.2) is 0 Å². The number of likely N-dealkylation sites (N-methyl/N-ethyl adjacent to an activating group) is 1. The first-order valence-corrected chi connectivity index (χ1v) is 5.39. The van der Waals surface area contributed by atoms with Crippen molar-refractivity contribution >= 4 is 0 Å². The van der Waals surface area contributed by atoms with Gasteiger partial charge in [0.25, 0.3) is 0 Å². The van der Waals surface area contributed by atoms with Crippen LogP contribution in [0.3, 0.4) is 0 Å². The Kier molecular flexibility index (Phi) is 3.93. The number of hydrogen-bond acceptors (Lipinski definition) is 3. The van der Waals surface area contributed by atoms with E-state index in [1.165, 1.54) is 13.1 Å². The third-order valence-corrected chi connectivity index (χ3v) is 3.08. The van der Waals surface area contributed by atoms with Gasteiger partial charge >= 0.3 is 0 Å². The summed E-state index contributed by atoms with van der Waals surface area (Å²) in [5.41, 5.74) is 0.332. The summed E-state index contributed by atoms with van der Waals surface area (Å²) in [6.07, 6.45) is 0. The summed E-state index contributed by atoms with van der Waals surface area (Å²) in [7, 11) is 3.94. The van der Waals surface area contributed by atoms with Crippen molar-refractivity contribution in [1.29, 1.82) is 0 Å². The van der Waals surface area contributed by atoms with E-state index in [4.69, 9.17) is 4.74 Å². The van der Waals surface area contributed by atoms with Crippen LogP contribution >= 0.6 is 0 Å². The second-order valence-corrected chi connectivity index (χ2v) is 5.20. The molecule has 3 nitrogen and oxygen atoms in total. The fourth-order valence-electron chi connectivity index (χ4n) is 1.70. The average molecular weight is 200 g/mol. The molecular weight excluding hydrogens is 176 g/mol. The van der Waals surface area contributed by atoms with Crippen molar-refractivity contribution in [1.82, 2.24) is 9.80 Å². The van der Waals surface area contributed by atoms with Crippen LogP contribution in [0.1, 0.15) is 20.8 Å². The molecule has 1 fully saturated rings. The molecule has 0 atom stereocenters. The minimum atomic E-state index is 0.332. The highest BCUT2D eigenvalue weighted by Gasteiger charge is 2.35.